The van der Waals surface area contributed by atoms with E-state index in [1.54, 1.807) is 0 Å². The lowest BCUT2D eigenvalue weighted by Crippen LogP contribution is -2.14. The maximum atomic E-state index is 11.2. The minimum Gasteiger partial charge on any atom is -0.464 e. The molecule has 0 spiro atoms. The van der Waals surface area contributed by atoms with Gasteiger partial charge in [-0.3, -0.25) is 4.79 Å². The standard InChI is InChI=1S/C8H8ClN3O3/c1-3(13)4-6(9)12-7(10)5(11-4)8(14)15-2/h1-2H3,(H2,10,12). The highest BCUT2D eigenvalue weighted by Crippen LogP contribution is 2.16. The van der Waals surface area contributed by atoms with Crippen LogP contribution in [-0.2, 0) is 4.74 Å². The number of halogens is 1. The van der Waals surface area contributed by atoms with E-state index in [4.69, 9.17) is 17.3 Å². The SMILES string of the molecule is COC(=O)c1nc(C(C)=O)c(Cl)nc1N. The summed E-state index contributed by atoms with van der Waals surface area (Å²) in [5.74, 6) is -1.34. The minimum atomic E-state index is -0.765. The van der Waals surface area contributed by atoms with Gasteiger partial charge in [-0.2, -0.15) is 0 Å². The fourth-order valence-electron chi connectivity index (χ4n) is 0.898. The highest BCUT2D eigenvalue weighted by atomic mass is 35.5. The van der Waals surface area contributed by atoms with Gasteiger partial charge in [-0.15, -0.1) is 0 Å². The predicted octanol–water partition coefficient (Wildman–Crippen LogP) is 0.701. The van der Waals surface area contributed by atoms with E-state index in [0.717, 1.165) is 0 Å². The first-order chi connectivity index (χ1) is 6.97. The first kappa shape index (κ1) is 11.4. The van der Waals surface area contributed by atoms with Crippen molar-refractivity contribution in [2.24, 2.45) is 0 Å². The third-order valence-corrected chi connectivity index (χ3v) is 1.86. The van der Waals surface area contributed by atoms with Gasteiger partial charge in [0.05, 0.1) is 7.11 Å². The number of anilines is 1. The number of hydrogen-bond acceptors (Lipinski definition) is 6. The number of ether oxygens (including phenoxy) is 1. The van der Waals surface area contributed by atoms with Crippen molar-refractivity contribution in [2.45, 2.75) is 6.92 Å². The Labute approximate surface area is 90.4 Å². The molecule has 1 aromatic rings. The van der Waals surface area contributed by atoms with Gasteiger partial charge in [0.2, 0.25) is 0 Å². The lowest BCUT2D eigenvalue weighted by atomic mass is 10.3. The summed E-state index contributed by atoms with van der Waals surface area (Å²) in [6, 6.07) is 0. The minimum absolute atomic E-state index is 0.105. The molecule has 0 fully saturated rings. The van der Waals surface area contributed by atoms with Gasteiger partial charge in [0.1, 0.15) is 5.69 Å². The van der Waals surface area contributed by atoms with E-state index in [1.165, 1.54) is 14.0 Å². The van der Waals surface area contributed by atoms with Gasteiger partial charge < -0.3 is 10.5 Å². The molecular weight excluding hydrogens is 222 g/mol. The van der Waals surface area contributed by atoms with Crippen molar-refractivity contribution in [1.29, 1.82) is 0 Å². The molecule has 7 heteroatoms. The average Bonchev–Trinajstić information content (AvgIpc) is 2.16. The average molecular weight is 230 g/mol. The van der Waals surface area contributed by atoms with E-state index in [-0.39, 0.29) is 22.4 Å². The molecular formula is C8H8ClN3O3. The molecule has 15 heavy (non-hydrogen) atoms. The molecule has 80 valence electrons. The Bertz CT molecular complexity index is 433. The number of nitrogen functional groups attached to an aromatic ring is 1. The van der Waals surface area contributed by atoms with Crippen molar-refractivity contribution >= 4 is 29.2 Å². The molecule has 0 saturated heterocycles. The maximum absolute atomic E-state index is 11.2. The van der Waals surface area contributed by atoms with Crippen molar-refractivity contribution in [3.63, 3.8) is 0 Å². The van der Waals surface area contributed by atoms with E-state index >= 15 is 0 Å². The van der Waals surface area contributed by atoms with Crippen molar-refractivity contribution in [3.05, 3.63) is 16.5 Å². The third-order valence-electron chi connectivity index (χ3n) is 1.59. The molecule has 0 atom stereocenters. The second-order valence-corrected chi connectivity index (χ2v) is 3.00. The first-order valence-electron chi connectivity index (χ1n) is 3.89. The Kier molecular flexibility index (Phi) is 3.21. The maximum Gasteiger partial charge on any atom is 0.360 e. The molecule has 1 aromatic heterocycles. The fraction of sp³-hybridized carbons (Fsp3) is 0.250. The van der Waals surface area contributed by atoms with Crippen molar-refractivity contribution < 1.29 is 14.3 Å². The number of ketones is 1. The number of rotatable bonds is 2. The predicted molar refractivity (Wildman–Crippen MR) is 52.8 cm³/mol. The summed E-state index contributed by atoms with van der Waals surface area (Å²) in [5.41, 5.74) is 5.08. The Morgan fingerprint density at radius 3 is 2.40 bits per heavy atom. The van der Waals surface area contributed by atoms with Crippen LogP contribution in [0.15, 0.2) is 0 Å². The molecule has 0 amide bonds. The van der Waals surface area contributed by atoms with Crippen LogP contribution in [0, 0.1) is 0 Å². The second kappa shape index (κ2) is 4.22. The number of nitrogens with two attached hydrogens (primary N) is 1. The van der Waals surface area contributed by atoms with Gasteiger partial charge in [0.25, 0.3) is 0 Å². The van der Waals surface area contributed by atoms with Crippen molar-refractivity contribution in [2.75, 3.05) is 12.8 Å². The lowest BCUT2D eigenvalue weighted by molar-refractivity contribution is 0.0595. The van der Waals surface area contributed by atoms with E-state index in [1.807, 2.05) is 0 Å². The number of methoxy groups -OCH3 is 1. The molecule has 0 radical (unpaired) electrons. The zero-order chi connectivity index (χ0) is 11.6. The van der Waals surface area contributed by atoms with Gasteiger partial charge >= 0.3 is 5.97 Å². The fourth-order valence-corrected chi connectivity index (χ4v) is 1.16. The molecule has 1 rings (SSSR count). The van der Waals surface area contributed by atoms with Gasteiger partial charge in [0.15, 0.2) is 22.4 Å². The lowest BCUT2D eigenvalue weighted by Gasteiger charge is -2.04. The van der Waals surface area contributed by atoms with Crippen LogP contribution in [0.5, 0.6) is 0 Å². The van der Waals surface area contributed by atoms with Crippen LogP contribution in [0.1, 0.15) is 27.9 Å². The number of carbonyl (C=O) groups is 2. The molecule has 0 saturated carbocycles. The molecule has 0 bridgehead atoms. The molecule has 6 nitrogen and oxygen atoms in total. The van der Waals surface area contributed by atoms with Gasteiger partial charge in [0, 0.05) is 6.92 Å². The zero-order valence-electron chi connectivity index (χ0n) is 8.07. The van der Waals surface area contributed by atoms with Crippen LogP contribution in [0.3, 0.4) is 0 Å². The van der Waals surface area contributed by atoms with E-state index in [2.05, 4.69) is 14.7 Å². The second-order valence-electron chi connectivity index (χ2n) is 2.64. The number of nitrogens with zero attached hydrogens (tertiary/aromatic N) is 2. The summed E-state index contributed by atoms with van der Waals surface area (Å²) in [6.45, 7) is 1.26. The summed E-state index contributed by atoms with van der Waals surface area (Å²) in [4.78, 5) is 29.5. The first-order valence-corrected chi connectivity index (χ1v) is 4.27. The smallest absolute Gasteiger partial charge is 0.360 e. The third kappa shape index (κ3) is 2.21. The largest absolute Gasteiger partial charge is 0.464 e. The quantitative estimate of drug-likeness (QED) is 0.593. The van der Waals surface area contributed by atoms with Gasteiger partial charge in [-0.05, 0) is 0 Å². The van der Waals surface area contributed by atoms with Crippen LogP contribution in [0.25, 0.3) is 0 Å². The van der Waals surface area contributed by atoms with E-state index < -0.39 is 11.8 Å². The van der Waals surface area contributed by atoms with Crippen LogP contribution in [0.2, 0.25) is 5.15 Å². The summed E-state index contributed by atoms with van der Waals surface area (Å²) >= 11 is 5.62. The van der Waals surface area contributed by atoms with Crippen molar-refractivity contribution in [1.82, 2.24) is 9.97 Å². The number of aromatic nitrogens is 2. The number of esters is 1. The Morgan fingerprint density at radius 2 is 1.93 bits per heavy atom. The van der Waals surface area contributed by atoms with E-state index in [9.17, 15) is 9.59 Å². The van der Waals surface area contributed by atoms with Gasteiger partial charge in [-0.25, -0.2) is 14.8 Å². The molecule has 0 aliphatic heterocycles. The Hall–Kier alpha value is -1.69. The topological polar surface area (TPSA) is 95.2 Å². The van der Waals surface area contributed by atoms with Crippen LogP contribution in [-0.4, -0.2) is 28.8 Å². The number of Topliss-reactive ketones (excluding diaryl/α,β-unsaturated/α-hetero) is 1. The van der Waals surface area contributed by atoms with Crippen LogP contribution in [0.4, 0.5) is 5.82 Å². The molecule has 0 aliphatic carbocycles. The molecule has 2 N–H and O–H groups in total. The molecule has 0 aliphatic rings. The monoisotopic (exact) mass is 229 g/mol. The number of hydrogen-bond donors (Lipinski definition) is 1. The summed E-state index contributed by atoms with van der Waals surface area (Å²) in [6.07, 6.45) is 0. The summed E-state index contributed by atoms with van der Waals surface area (Å²) < 4.78 is 4.42. The number of carbonyl (C=O) groups excluding carboxylic acids is 2. The highest BCUT2D eigenvalue weighted by molar-refractivity contribution is 6.32. The zero-order valence-corrected chi connectivity index (χ0v) is 8.83. The van der Waals surface area contributed by atoms with Crippen LogP contribution < -0.4 is 5.73 Å². The molecule has 0 aromatic carbocycles. The Balaban J connectivity index is 3.36. The molecule has 0 unspecified atom stereocenters. The van der Waals surface area contributed by atoms with Crippen LogP contribution >= 0.6 is 11.6 Å². The molecule has 1 heterocycles. The summed E-state index contributed by atoms with van der Waals surface area (Å²) in [7, 11) is 1.17. The summed E-state index contributed by atoms with van der Waals surface area (Å²) in [5, 5.41) is -0.132. The van der Waals surface area contributed by atoms with E-state index in [0.29, 0.717) is 0 Å². The Morgan fingerprint density at radius 1 is 1.33 bits per heavy atom. The van der Waals surface area contributed by atoms with Crippen molar-refractivity contribution in [3.8, 4) is 0 Å². The normalized spacial score (nSPS) is 9.80. The highest BCUT2D eigenvalue weighted by Gasteiger charge is 2.19. The van der Waals surface area contributed by atoms with Gasteiger partial charge in [-0.1, -0.05) is 11.6 Å².